The molecule has 0 fully saturated rings. The minimum Gasteiger partial charge on any atom is -0.497 e. The van der Waals surface area contributed by atoms with Crippen LogP contribution >= 0.6 is 0 Å². The predicted molar refractivity (Wildman–Crippen MR) is 72.9 cm³/mol. The van der Waals surface area contributed by atoms with Gasteiger partial charge in [0.05, 0.1) is 32.7 Å². The molecule has 6 heteroatoms. The van der Waals surface area contributed by atoms with Gasteiger partial charge >= 0.3 is 5.97 Å². The normalized spacial score (nSPS) is 10.4. The minimum atomic E-state index is -0.412. The Morgan fingerprint density at radius 1 is 1.30 bits per heavy atom. The lowest BCUT2D eigenvalue weighted by Gasteiger charge is -2.10. The molecule has 2 rings (SSSR count). The van der Waals surface area contributed by atoms with E-state index in [4.69, 9.17) is 9.47 Å². The van der Waals surface area contributed by atoms with E-state index in [0.29, 0.717) is 12.2 Å². The second-order valence-electron chi connectivity index (χ2n) is 4.41. The molecule has 0 unspecified atom stereocenters. The second kappa shape index (κ2) is 5.73. The van der Waals surface area contributed by atoms with Crippen LogP contribution in [0.2, 0.25) is 0 Å². The molecule has 0 N–H and O–H groups in total. The van der Waals surface area contributed by atoms with E-state index in [9.17, 15) is 4.79 Å². The second-order valence-corrected chi connectivity index (χ2v) is 4.41. The van der Waals surface area contributed by atoms with Crippen LogP contribution in [0.25, 0.3) is 0 Å². The molecule has 0 aliphatic carbocycles. The van der Waals surface area contributed by atoms with Crippen LogP contribution < -0.4 is 4.74 Å². The van der Waals surface area contributed by atoms with E-state index in [0.717, 1.165) is 23.0 Å². The maximum absolute atomic E-state index is 11.7. The largest absolute Gasteiger partial charge is 0.497 e. The van der Waals surface area contributed by atoms with Crippen LogP contribution in [-0.2, 0) is 11.3 Å². The van der Waals surface area contributed by atoms with Crippen LogP contribution in [-0.4, -0.2) is 34.7 Å². The molecule has 0 saturated carbocycles. The molecule has 0 aliphatic rings. The molecule has 6 nitrogen and oxygen atoms in total. The Bertz CT molecular complexity index is 635. The molecule has 2 heterocycles. The van der Waals surface area contributed by atoms with Crippen molar-refractivity contribution in [2.45, 2.75) is 20.4 Å². The third-order valence-electron chi connectivity index (χ3n) is 2.99. The van der Waals surface area contributed by atoms with E-state index < -0.39 is 5.97 Å². The first-order valence-corrected chi connectivity index (χ1v) is 6.17. The first-order chi connectivity index (χ1) is 9.55. The van der Waals surface area contributed by atoms with Crippen molar-refractivity contribution in [2.75, 3.05) is 14.2 Å². The zero-order valence-corrected chi connectivity index (χ0v) is 12.0. The van der Waals surface area contributed by atoms with Gasteiger partial charge in [-0.25, -0.2) is 9.78 Å². The molecule has 0 aliphatic heterocycles. The molecule has 0 aromatic carbocycles. The summed E-state index contributed by atoms with van der Waals surface area (Å²) in [5.74, 6) is 1.06. The maximum atomic E-state index is 11.7. The number of nitrogens with zero attached hydrogens (tertiary/aromatic N) is 3. The zero-order valence-electron chi connectivity index (χ0n) is 12.0. The number of methoxy groups -OCH3 is 2. The summed E-state index contributed by atoms with van der Waals surface area (Å²) in [5.41, 5.74) is 2.07. The van der Waals surface area contributed by atoms with Crippen LogP contribution in [0, 0.1) is 13.8 Å². The number of hydrogen-bond acceptors (Lipinski definition) is 5. The van der Waals surface area contributed by atoms with E-state index in [1.54, 1.807) is 11.7 Å². The molecule has 0 bridgehead atoms. The Balaban J connectivity index is 2.37. The standard InChI is InChI=1S/C14H17N3O3/c1-9-5-12(19-3)6-11(16-9)8-17-10(2)15-7-13(17)14(18)20-4/h5-7H,8H2,1-4H3. The monoisotopic (exact) mass is 275 g/mol. The summed E-state index contributed by atoms with van der Waals surface area (Å²) in [6.07, 6.45) is 1.51. The van der Waals surface area contributed by atoms with Crippen molar-refractivity contribution >= 4 is 5.97 Å². The molecule has 0 atom stereocenters. The van der Waals surface area contributed by atoms with Gasteiger partial charge in [0.25, 0.3) is 0 Å². The van der Waals surface area contributed by atoms with Gasteiger partial charge in [-0.05, 0) is 13.8 Å². The number of pyridine rings is 1. The molecule has 0 spiro atoms. The third-order valence-corrected chi connectivity index (χ3v) is 2.99. The summed E-state index contributed by atoms with van der Waals surface area (Å²) < 4.78 is 11.8. The van der Waals surface area contributed by atoms with Crippen LogP contribution in [0.1, 0.15) is 27.7 Å². The Morgan fingerprint density at radius 3 is 2.70 bits per heavy atom. The molecule has 20 heavy (non-hydrogen) atoms. The molecule has 0 radical (unpaired) electrons. The number of esters is 1. The highest BCUT2D eigenvalue weighted by atomic mass is 16.5. The van der Waals surface area contributed by atoms with Crippen LogP contribution in [0.15, 0.2) is 18.3 Å². The van der Waals surface area contributed by atoms with Gasteiger partial charge in [0.2, 0.25) is 0 Å². The highest BCUT2D eigenvalue weighted by molar-refractivity contribution is 5.87. The molecule has 0 saturated heterocycles. The van der Waals surface area contributed by atoms with Gasteiger partial charge in [-0.3, -0.25) is 4.98 Å². The van der Waals surface area contributed by atoms with Gasteiger partial charge in [0.15, 0.2) is 0 Å². The van der Waals surface area contributed by atoms with Gasteiger partial charge in [-0.1, -0.05) is 0 Å². The van der Waals surface area contributed by atoms with Crippen molar-refractivity contribution in [3.8, 4) is 5.75 Å². The van der Waals surface area contributed by atoms with Crippen molar-refractivity contribution in [2.24, 2.45) is 0 Å². The van der Waals surface area contributed by atoms with Crippen LogP contribution in [0.4, 0.5) is 0 Å². The number of imidazole rings is 1. The van der Waals surface area contributed by atoms with Crippen molar-refractivity contribution in [1.29, 1.82) is 0 Å². The summed E-state index contributed by atoms with van der Waals surface area (Å²) in [6, 6.07) is 3.69. The fraction of sp³-hybridized carbons (Fsp3) is 0.357. The lowest BCUT2D eigenvalue weighted by molar-refractivity contribution is 0.0588. The molecular weight excluding hydrogens is 258 g/mol. The first-order valence-electron chi connectivity index (χ1n) is 6.17. The average Bonchev–Trinajstić information content (AvgIpc) is 2.79. The fourth-order valence-corrected chi connectivity index (χ4v) is 2.00. The van der Waals surface area contributed by atoms with Crippen LogP contribution in [0.3, 0.4) is 0 Å². The number of ether oxygens (including phenoxy) is 2. The first kappa shape index (κ1) is 14.0. The third kappa shape index (κ3) is 2.79. The number of carbonyl (C=O) groups excluding carboxylic acids is 1. The summed E-state index contributed by atoms with van der Waals surface area (Å²) in [5, 5.41) is 0. The number of aromatic nitrogens is 3. The number of carbonyl (C=O) groups is 1. The van der Waals surface area contributed by atoms with Gasteiger partial charge in [-0.2, -0.15) is 0 Å². The SMILES string of the molecule is COC(=O)c1cnc(C)n1Cc1cc(OC)cc(C)n1. The van der Waals surface area contributed by atoms with Crippen molar-refractivity contribution < 1.29 is 14.3 Å². The quantitative estimate of drug-likeness (QED) is 0.795. The minimum absolute atomic E-state index is 0.410. The fourth-order valence-electron chi connectivity index (χ4n) is 2.00. The van der Waals surface area contributed by atoms with Gasteiger partial charge in [-0.15, -0.1) is 0 Å². The smallest absolute Gasteiger partial charge is 0.356 e. The van der Waals surface area contributed by atoms with Gasteiger partial charge in [0.1, 0.15) is 17.3 Å². The van der Waals surface area contributed by atoms with Crippen molar-refractivity contribution in [3.05, 3.63) is 41.2 Å². The summed E-state index contributed by atoms with van der Waals surface area (Å²) >= 11 is 0. The number of hydrogen-bond donors (Lipinski definition) is 0. The molecule has 0 amide bonds. The van der Waals surface area contributed by atoms with E-state index >= 15 is 0 Å². The van der Waals surface area contributed by atoms with Crippen LogP contribution in [0.5, 0.6) is 5.75 Å². The average molecular weight is 275 g/mol. The van der Waals surface area contributed by atoms with Crippen molar-refractivity contribution in [3.63, 3.8) is 0 Å². The topological polar surface area (TPSA) is 66.2 Å². The number of aryl methyl sites for hydroxylation is 2. The van der Waals surface area contributed by atoms with E-state index in [1.165, 1.54) is 13.3 Å². The van der Waals surface area contributed by atoms with Gasteiger partial charge < -0.3 is 14.0 Å². The Kier molecular flexibility index (Phi) is 4.02. The Morgan fingerprint density at radius 2 is 2.05 bits per heavy atom. The lowest BCUT2D eigenvalue weighted by Crippen LogP contribution is -2.13. The molecular formula is C14H17N3O3. The van der Waals surface area contributed by atoms with Gasteiger partial charge in [0, 0.05) is 17.8 Å². The highest BCUT2D eigenvalue weighted by Crippen LogP contribution is 2.16. The summed E-state index contributed by atoms with van der Waals surface area (Å²) in [6.45, 7) is 4.17. The molecule has 2 aromatic heterocycles. The number of rotatable bonds is 4. The highest BCUT2D eigenvalue weighted by Gasteiger charge is 2.15. The van der Waals surface area contributed by atoms with E-state index in [-0.39, 0.29) is 0 Å². The Labute approximate surface area is 117 Å². The van der Waals surface area contributed by atoms with E-state index in [2.05, 4.69) is 9.97 Å². The summed E-state index contributed by atoms with van der Waals surface area (Å²) in [4.78, 5) is 20.3. The summed E-state index contributed by atoms with van der Waals surface area (Å²) in [7, 11) is 2.96. The zero-order chi connectivity index (χ0) is 14.7. The van der Waals surface area contributed by atoms with Crippen molar-refractivity contribution in [1.82, 2.24) is 14.5 Å². The van der Waals surface area contributed by atoms with E-state index in [1.807, 2.05) is 26.0 Å². The predicted octanol–water partition coefficient (Wildman–Crippen LogP) is 1.74. The molecule has 106 valence electrons. The maximum Gasteiger partial charge on any atom is 0.356 e. The lowest BCUT2D eigenvalue weighted by atomic mass is 10.3. The Hall–Kier alpha value is -2.37. The molecule has 2 aromatic rings.